The lowest BCUT2D eigenvalue weighted by atomic mass is 10.1. The van der Waals surface area contributed by atoms with Gasteiger partial charge in [0, 0.05) is 61.7 Å². The van der Waals surface area contributed by atoms with E-state index in [0.717, 1.165) is 43.1 Å². The van der Waals surface area contributed by atoms with E-state index in [1.165, 1.54) is 10.9 Å². The van der Waals surface area contributed by atoms with Gasteiger partial charge in [0.1, 0.15) is 5.39 Å². The van der Waals surface area contributed by atoms with Crippen LogP contribution in [0.15, 0.2) is 60.4 Å². The number of aliphatic hydroxyl groups excluding tert-OH is 1. The second-order valence-corrected chi connectivity index (χ2v) is 8.40. The van der Waals surface area contributed by atoms with Gasteiger partial charge in [0.2, 0.25) is 5.95 Å². The highest BCUT2D eigenvalue weighted by Crippen LogP contribution is 2.27. The summed E-state index contributed by atoms with van der Waals surface area (Å²) in [6.07, 6.45) is 7.83. The number of hydrogen-bond donors (Lipinski definition) is 2. The number of anilines is 3. The van der Waals surface area contributed by atoms with E-state index in [4.69, 9.17) is 0 Å². The maximum Gasteiger partial charge on any atom is 0.278 e. The molecule has 0 unspecified atom stereocenters. The molecule has 0 radical (unpaired) electrons. The molecule has 0 amide bonds. The normalized spacial score (nSPS) is 14.4. The average molecular weight is 474 g/mol. The summed E-state index contributed by atoms with van der Waals surface area (Å²) in [5.74, 6) is 0.785. The molecule has 11 heteroatoms. The minimum atomic E-state index is -0.240. The number of benzene rings is 1. The third-order valence-corrected chi connectivity index (χ3v) is 6.09. The van der Waals surface area contributed by atoms with Crippen LogP contribution in [0.4, 0.5) is 17.3 Å². The second-order valence-electron chi connectivity index (χ2n) is 8.40. The molecule has 0 spiro atoms. The molecule has 4 heterocycles. The lowest BCUT2D eigenvalue weighted by molar-refractivity contribution is 0.280. The Balaban J connectivity index is 1.50. The Hall–Kier alpha value is -4.09. The number of hydrogen-bond acceptors (Lipinski definition) is 9. The summed E-state index contributed by atoms with van der Waals surface area (Å²) in [5.41, 5.74) is 2.77. The fourth-order valence-corrected chi connectivity index (χ4v) is 4.28. The van der Waals surface area contributed by atoms with Gasteiger partial charge in [-0.2, -0.15) is 4.98 Å². The largest absolute Gasteiger partial charge is 0.392 e. The Kier molecular flexibility index (Phi) is 6.25. The first kappa shape index (κ1) is 22.7. The first-order valence-corrected chi connectivity index (χ1v) is 11.4. The van der Waals surface area contributed by atoms with Crippen LogP contribution in [0.25, 0.3) is 16.9 Å². The molecular formula is C24H27N9O2. The Labute approximate surface area is 202 Å². The molecule has 0 atom stereocenters. The Morgan fingerprint density at radius 3 is 2.69 bits per heavy atom. The van der Waals surface area contributed by atoms with Gasteiger partial charge in [-0.3, -0.25) is 9.78 Å². The molecule has 2 N–H and O–H groups in total. The van der Waals surface area contributed by atoms with E-state index in [9.17, 15) is 9.90 Å². The van der Waals surface area contributed by atoms with Crippen LogP contribution in [-0.4, -0.2) is 72.5 Å². The highest BCUT2D eigenvalue weighted by molar-refractivity contribution is 5.77. The highest BCUT2D eigenvalue weighted by atomic mass is 16.3. The van der Waals surface area contributed by atoms with Crippen LogP contribution in [0.2, 0.25) is 0 Å². The number of allylic oxidation sites excluding steroid dienone is 1. The third-order valence-electron chi connectivity index (χ3n) is 6.09. The number of nitrogens with one attached hydrogen (secondary N) is 1. The molecule has 1 fully saturated rings. The average Bonchev–Trinajstić information content (AvgIpc) is 3.16. The minimum Gasteiger partial charge on any atom is -0.392 e. The predicted molar refractivity (Wildman–Crippen MR) is 134 cm³/mol. The summed E-state index contributed by atoms with van der Waals surface area (Å²) >= 11 is 0. The van der Waals surface area contributed by atoms with Crippen molar-refractivity contribution in [2.45, 2.75) is 13.2 Å². The Bertz CT molecular complexity index is 1410. The zero-order valence-electron chi connectivity index (χ0n) is 19.5. The van der Waals surface area contributed by atoms with Crippen LogP contribution in [0.5, 0.6) is 0 Å². The van der Waals surface area contributed by atoms with E-state index in [1.54, 1.807) is 29.3 Å². The summed E-state index contributed by atoms with van der Waals surface area (Å²) in [6.45, 7) is 7.75. The maximum atomic E-state index is 13.0. The molecule has 1 aliphatic heterocycles. The van der Waals surface area contributed by atoms with Gasteiger partial charge in [-0.1, -0.05) is 6.08 Å². The predicted octanol–water partition coefficient (Wildman–Crippen LogP) is 1.55. The fourth-order valence-electron chi connectivity index (χ4n) is 4.28. The van der Waals surface area contributed by atoms with Crippen molar-refractivity contribution in [2.75, 3.05) is 43.4 Å². The van der Waals surface area contributed by atoms with Crippen LogP contribution in [0.1, 0.15) is 5.56 Å². The van der Waals surface area contributed by atoms with Crippen LogP contribution in [0.3, 0.4) is 0 Å². The number of piperazine rings is 1. The number of rotatable bonds is 7. The van der Waals surface area contributed by atoms with Crippen molar-refractivity contribution in [1.82, 2.24) is 34.2 Å². The SMILES string of the molecule is C=CCn1c(=O)c2cnc(Nc3ccc(N4CCN(C)CC4)c(CO)c3)nc2n1-c1cnccn1. The van der Waals surface area contributed by atoms with Gasteiger partial charge in [0.15, 0.2) is 11.5 Å². The molecule has 0 aliphatic carbocycles. The van der Waals surface area contributed by atoms with Crippen LogP contribution < -0.4 is 15.8 Å². The first-order valence-electron chi connectivity index (χ1n) is 11.4. The quantitative estimate of drug-likeness (QED) is 0.386. The third kappa shape index (κ3) is 4.38. The topological polar surface area (TPSA) is 117 Å². The van der Waals surface area contributed by atoms with Crippen molar-refractivity contribution < 1.29 is 5.11 Å². The summed E-state index contributed by atoms with van der Waals surface area (Å²) in [4.78, 5) is 35.0. The van der Waals surface area contributed by atoms with Gasteiger partial charge < -0.3 is 20.2 Å². The Morgan fingerprint density at radius 1 is 1.14 bits per heavy atom. The van der Waals surface area contributed by atoms with Crippen molar-refractivity contribution in [1.29, 1.82) is 0 Å². The van der Waals surface area contributed by atoms with Gasteiger partial charge in [-0.15, -0.1) is 6.58 Å². The van der Waals surface area contributed by atoms with Gasteiger partial charge in [-0.25, -0.2) is 19.3 Å². The lowest BCUT2D eigenvalue weighted by Gasteiger charge is -2.35. The van der Waals surface area contributed by atoms with Crippen LogP contribution in [-0.2, 0) is 13.2 Å². The van der Waals surface area contributed by atoms with Crippen molar-refractivity contribution in [2.24, 2.45) is 0 Å². The molecule has 180 valence electrons. The second kappa shape index (κ2) is 9.65. The zero-order chi connectivity index (χ0) is 24.4. The van der Waals surface area contributed by atoms with Gasteiger partial charge in [-0.05, 0) is 25.2 Å². The fraction of sp³-hybridized carbons (Fsp3) is 0.292. The van der Waals surface area contributed by atoms with Gasteiger partial charge in [0.25, 0.3) is 5.56 Å². The molecule has 1 aliphatic rings. The van der Waals surface area contributed by atoms with Crippen LogP contribution in [0, 0.1) is 0 Å². The number of fused-ring (bicyclic) bond motifs is 1. The molecule has 5 rings (SSSR count). The van der Waals surface area contributed by atoms with E-state index in [2.05, 4.69) is 48.7 Å². The van der Waals surface area contributed by atoms with Crippen molar-refractivity contribution in [3.05, 3.63) is 71.6 Å². The lowest BCUT2D eigenvalue weighted by Crippen LogP contribution is -2.44. The maximum absolute atomic E-state index is 13.0. The zero-order valence-corrected chi connectivity index (χ0v) is 19.5. The number of nitrogens with zero attached hydrogens (tertiary/aromatic N) is 8. The summed E-state index contributed by atoms with van der Waals surface area (Å²) in [7, 11) is 2.11. The van der Waals surface area contributed by atoms with Gasteiger partial charge >= 0.3 is 0 Å². The minimum absolute atomic E-state index is 0.0757. The molecule has 1 saturated heterocycles. The van der Waals surface area contributed by atoms with Crippen LogP contribution >= 0.6 is 0 Å². The molecule has 4 aromatic rings. The molecular weight excluding hydrogens is 446 g/mol. The van der Waals surface area contributed by atoms with E-state index < -0.39 is 0 Å². The van der Waals surface area contributed by atoms with Crippen molar-refractivity contribution in [3.8, 4) is 5.82 Å². The summed E-state index contributed by atoms with van der Waals surface area (Å²) in [5, 5.41) is 13.6. The summed E-state index contributed by atoms with van der Waals surface area (Å²) < 4.78 is 3.11. The Morgan fingerprint density at radius 2 is 1.97 bits per heavy atom. The first-order chi connectivity index (χ1) is 17.1. The van der Waals surface area contributed by atoms with E-state index in [1.807, 2.05) is 18.2 Å². The summed E-state index contributed by atoms with van der Waals surface area (Å²) in [6, 6.07) is 5.85. The molecule has 3 aromatic heterocycles. The van der Waals surface area contributed by atoms with Gasteiger partial charge in [0.05, 0.1) is 19.3 Å². The molecule has 35 heavy (non-hydrogen) atoms. The highest BCUT2D eigenvalue weighted by Gasteiger charge is 2.19. The smallest absolute Gasteiger partial charge is 0.278 e. The molecule has 0 saturated carbocycles. The van der Waals surface area contributed by atoms with E-state index in [-0.39, 0.29) is 18.7 Å². The number of likely N-dealkylation sites (N-methyl/N-ethyl adjacent to an activating group) is 1. The molecule has 11 nitrogen and oxygen atoms in total. The van der Waals surface area contributed by atoms with E-state index in [0.29, 0.717) is 22.8 Å². The van der Waals surface area contributed by atoms with E-state index >= 15 is 0 Å². The molecule has 1 aromatic carbocycles. The molecule has 0 bridgehead atoms. The number of aromatic nitrogens is 6. The standard InChI is InChI=1S/C24H27N9O2/c1-3-8-32-23(35)19-14-27-24(29-22(19)33(32)21-15-25-6-7-26-21)28-18-4-5-20(17(13-18)16-34)31-11-9-30(2)10-12-31/h3-7,13-15,34H,1,8-12,16H2,2H3,(H,27,28,29). The van der Waals surface area contributed by atoms with Crippen molar-refractivity contribution >= 4 is 28.4 Å². The number of aliphatic hydroxyl groups is 1. The van der Waals surface area contributed by atoms with Crippen molar-refractivity contribution in [3.63, 3.8) is 0 Å². The monoisotopic (exact) mass is 473 g/mol.